The smallest absolute Gasteiger partial charge is 0.0165 e. The van der Waals surface area contributed by atoms with E-state index in [4.69, 9.17) is 5.73 Å². The number of hydrogen-bond donors (Lipinski definition) is 2. The first-order valence-electron chi connectivity index (χ1n) is 6.19. The van der Waals surface area contributed by atoms with Crippen LogP contribution in [0.4, 0.5) is 0 Å². The standard InChI is InChI=1S/C12H28N2/c1-4-6-7-9-11(3)14-10-12(13)8-5-2/h11-12,14H,4-10,13H2,1-3H3. The van der Waals surface area contributed by atoms with Crippen LogP contribution < -0.4 is 11.1 Å². The first-order valence-corrected chi connectivity index (χ1v) is 6.19. The van der Waals surface area contributed by atoms with Gasteiger partial charge in [-0.05, 0) is 19.8 Å². The minimum absolute atomic E-state index is 0.341. The third kappa shape index (κ3) is 8.52. The molecule has 14 heavy (non-hydrogen) atoms. The molecule has 0 radical (unpaired) electrons. The van der Waals surface area contributed by atoms with Gasteiger partial charge >= 0.3 is 0 Å². The Hall–Kier alpha value is -0.0800. The number of nitrogens with one attached hydrogen (secondary N) is 1. The van der Waals surface area contributed by atoms with E-state index in [9.17, 15) is 0 Å². The highest BCUT2D eigenvalue weighted by atomic mass is 14.9. The van der Waals surface area contributed by atoms with Gasteiger partial charge in [0.15, 0.2) is 0 Å². The molecule has 2 heteroatoms. The Morgan fingerprint density at radius 3 is 2.36 bits per heavy atom. The quantitative estimate of drug-likeness (QED) is 0.562. The van der Waals surface area contributed by atoms with Crippen LogP contribution in [0.25, 0.3) is 0 Å². The Bertz CT molecular complexity index is 115. The molecule has 0 saturated heterocycles. The average molecular weight is 200 g/mol. The fourth-order valence-electron chi connectivity index (χ4n) is 1.63. The first-order chi connectivity index (χ1) is 6.70. The highest BCUT2D eigenvalue weighted by Gasteiger charge is 2.04. The molecule has 3 N–H and O–H groups in total. The summed E-state index contributed by atoms with van der Waals surface area (Å²) in [6.45, 7) is 7.66. The Morgan fingerprint density at radius 1 is 1.07 bits per heavy atom. The lowest BCUT2D eigenvalue weighted by Crippen LogP contribution is -2.38. The van der Waals surface area contributed by atoms with Crippen molar-refractivity contribution >= 4 is 0 Å². The summed E-state index contributed by atoms with van der Waals surface area (Å²) in [7, 11) is 0. The minimum Gasteiger partial charge on any atom is -0.327 e. The van der Waals surface area contributed by atoms with Crippen molar-refractivity contribution in [2.24, 2.45) is 5.73 Å². The van der Waals surface area contributed by atoms with Crippen LogP contribution >= 0.6 is 0 Å². The van der Waals surface area contributed by atoms with Gasteiger partial charge in [-0.2, -0.15) is 0 Å². The fraction of sp³-hybridized carbons (Fsp3) is 1.00. The summed E-state index contributed by atoms with van der Waals surface area (Å²) < 4.78 is 0. The molecule has 0 aliphatic heterocycles. The van der Waals surface area contributed by atoms with Gasteiger partial charge in [0.2, 0.25) is 0 Å². The molecule has 0 fully saturated rings. The van der Waals surface area contributed by atoms with Crippen molar-refractivity contribution in [1.29, 1.82) is 0 Å². The molecule has 0 spiro atoms. The summed E-state index contributed by atoms with van der Waals surface area (Å²) in [6, 6.07) is 0.970. The monoisotopic (exact) mass is 200 g/mol. The molecule has 0 bridgehead atoms. The second-order valence-electron chi connectivity index (χ2n) is 4.35. The van der Waals surface area contributed by atoms with Crippen molar-refractivity contribution in [3.63, 3.8) is 0 Å². The molecule has 0 rings (SSSR count). The zero-order valence-corrected chi connectivity index (χ0v) is 10.2. The van der Waals surface area contributed by atoms with Gasteiger partial charge in [-0.15, -0.1) is 0 Å². The predicted octanol–water partition coefficient (Wildman–Crippen LogP) is 2.67. The van der Waals surface area contributed by atoms with Crippen molar-refractivity contribution in [2.45, 2.75) is 71.4 Å². The SMILES string of the molecule is CCCCCC(C)NCC(N)CCC. The van der Waals surface area contributed by atoms with Crippen LogP contribution in [-0.4, -0.2) is 18.6 Å². The van der Waals surface area contributed by atoms with Crippen molar-refractivity contribution in [2.75, 3.05) is 6.54 Å². The second-order valence-corrected chi connectivity index (χ2v) is 4.35. The molecule has 0 aliphatic rings. The zero-order chi connectivity index (χ0) is 10.8. The molecule has 0 aromatic carbocycles. The molecular formula is C12H28N2. The highest BCUT2D eigenvalue weighted by Crippen LogP contribution is 2.02. The predicted molar refractivity (Wildman–Crippen MR) is 64.5 cm³/mol. The Balaban J connectivity index is 3.29. The van der Waals surface area contributed by atoms with Crippen molar-refractivity contribution in [1.82, 2.24) is 5.32 Å². The third-order valence-corrected chi connectivity index (χ3v) is 2.63. The van der Waals surface area contributed by atoms with E-state index in [2.05, 4.69) is 26.1 Å². The number of hydrogen-bond acceptors (Lipinski definition) is 2. The van der Waals surface area contributed by atoms with Gasteiger partial charge in [0, 0.05) is 18.6 Å². The normalized spacial score (nSPS) is 15.4. The Labute approximate surface area is 89.6 Å². The molecule has 0 aliphatic carbocycles. The van der Waals surface area contributed by atoms with E-state index >= 15 is 0 Å². The summed E-state index contributed by atoms with van der Waals surface area (Å²) in [5, 5.41) is 3.50. The van der Waals surface area contributed by atoms with Gasteiger partial charge in [-0.3, -0.25) is 0 Å². The van der Waals surface area contributed by atoms with E-state index in [1.165, 1.54) is 32.1 Å². The molecular weight excluding hydrogens is 172 g/mol. The molecule has 86 valence electrons. The van der Waals surface area contributed by atoms with Gasteiger partial charge in [-0.1, -0.05) is 39.5 Å². The van der Waals surface area contributed by atoms with Gasteiger partial charge < -0.3 is 11.1 Å². The summed E-state index contributed by atoms with van der Waals surface area (Å²) in [4.78, 5) is 0. The van der Waals surface area contributed by atoms with E-state index in [-0.39, 0.29) is 0 Å². The van der Waals surface area contributed by atoms with Crippen molar-refractivity contribution < 1.29 is 0 Å². The van der Waals surface area contributed by atoms with Crippen LogP contribution in [0.15, 0.2) is 0 Å². The lowest BCUT2D eigenvalue weighted by atomic mass is 10.1. The summed E-state index contributed by atoms with van der Waals surface area (Å²) in [5.41, 5.74) is 5.92. The van der Waals surface area contributed by atoms with Crippen LogP contribution in [-0.2, 0) is 0 Å². The number of rotatable bonds is 9. The maximum atomic E-state index is 5.92. The van der Waals surface area contributed by atoms with Gasteiger partial charge in [-0.25, -0.2) is 0 Å². The fourth-order valence-corrected chi connectivity index (χ4v) is 1.63. The van der Waals surface area contributed by atoms with Crippen LogP contribution in [0.1, 0.15) is 59.3 Å². The lowest BCUT2D eigenvalue weighted by molar-refractivity contribution is 0.451. The molecule has 0 aromatic heterocycles. The largest absolute Gasteiger partial charge is 0.327 e. The molecule has 0 amide bonds. The molecule has 0 saturated carbocycles. The van der Waals surface area contributed by atoms with Crippen LogP contribution in [0.5, 0.6) is 0 Å². The molecule has 0 heterocycles. The Morgan fingerprint density at radius 2 is 1.79 bits per heavy atom. The third-order valence-electron chi connectivity index (χ3n) is 2.63. The summed E-state index contributed by atoms with van der Waals surface area (Å²) >= 11 is 0. The maximum Gasteiger partial charge on any atom is 0.0165 e. The summed E-state index contributed by atoms with van der Waals surface area (Å²) in [5.74, 6) is 0. The van der Waals surface area contributed by atoms with E-state index in [1.807, 2.05) is 0 Å². The zero-order valence-electron chi connectivity index (χ0n) is 10.2. The van der Waals surface area contributed by atoms with Crippen LogP contribution in [0.3, 0.4) is 0 Å². The van der Waals surface area contributed by atoms with E-state index in [0.29, 0.717) is 12.1 Å². The molecule has 2 unspecified atom stereocenters. The van der Waals surface area contributed by atoms with Crippen molar-refractivity contribution in [3.8, 4) is 0 Å². The van der Waals surface area contributed by atoms with Gasteiger partial charge in [0.05, 0.1) is 0 Å². The Kier molecular flexibility index (Phi) is 9.42. The minimum atomic E-state index is 0.341. The number of nitrogens with two attached hydrogens (primary N) is 1. The molecule has 2 atom stereocenters. The average Bonchev–Trinajstić information content (AvgIpc) is 2.16. The second kappa shape index (κ2) is 9.47. The number of unbranched alkanes of at least 4 members (excludes halogenated alkanes) is 2. The van der Waals surface area contributed by atoms with Crippen molar-refractivity contribution in [3.05, 3.63) is 0 Å². The van der Waals surface area contributed by atoms with Crippen LogP contribution in [0.2, 0.25) is 0 Å². The maximum absolute atomic E-state index is 5.92. The lowest BCUT2D eigenvalue weighted by Gasteiger charge is -2.17. The first kappa shape index (κ1) is 13.9. The van der Waals surface area contributed by atoms with E-state index in [0.717, 1.165) is 13.0 Å². The topological polar surface area (TPSA) is 38.0 Å². The van der Waals surface area contributed by atoms with E-state index in [1.54, 1.807) is 0 Å². The molecule has 0 aromatic rings. The molecule has 2 nitrogen and oxygen atoms in total. The highest BCUT2D eigenvalue weighted by molar-refractivity contribution is 4.68. The van der Waals surface area contributed by atoms with Gasteiger partial charge in [0.25, 0.3) is 0 Å². The summed E-state index contributed by atoms with van der Waals surface area (Å²) in [6.07, 6.45) is 7.61. The van der Waals surface area contributed by atoms with Crippen LogP contribution in [0, 0.1) is 0 Å². The van der Waals surface area contributed by atoms with E-state index < -0.39 is 0 Å². The van der Waals surface area contributed by atoms with Gasteiger partial charge in [0.1, 0.15) is 0 Å².